The van der Waals surface area contributed by atoms with Gasteiger partial charge < -0.3 is 79.3 Å². The number of Topliss-reactive ketones (excluding diaryl/α,β-unsaturated/α-hetero) is 2. The number of alkyl halides is 10. The molecule has 0 amide bonds. The first-order valence-corrected chi connectivity index (χ1v) is 42.0. The number of hydrogen-bond donors (Lipinski definition) is 1. The molecule has 0 radical (unpaired) electrons. The van der Waals surface area contributed by atoms with Crippen molar-refractivity contribution in [2.75, 3.05) is 102 Å². The molecule has 22 nitrogen and oxygen atoms in total. The number of aldehydes is 1. The first kappa shape index (κ1) is 145. The smallest absolute Gasteiger partial charge is 1.00 e. The first-order chi connectivity index (χ1) is 62.9. The van der Waals surface area contributed by atoms with Gasteiger partial charge in [-0.15, -0.1) is 46.4 Å². The summed E-state index contributed by atoms with van der Waals surface area (Å²) in [6.45, 7) is 28.2. The van der Waals surface area contributed by atoms with E-state index in [0.29, 0.717) is 63.5 Å². The number of benzene rings is 7. The van der Waals surface area contributed by atoms with E-state index in [1.165, 1.54) is 210 Å². The van der Waals surface area contributed by atoms with Gasteiger partial charge >= 0.3 is 66.4 Å². The van der Waals surface area contributed by atoms with Crippen LogP contribution < -0.4 is 75.1 Å². The molecule has 776 valence electrons. The Morgan fingerprint density at radius 1 is 0.486 bits per heavy atom. The van der Waals surface area contributed by atoms with Crippen molar-refractivity contribution >= 4 is 87.7 Å². The molecule has 1 fully saturated rings. The number of halogens is 18. The average Bonchev–Trinajstić information content (AvgIpc) is 1.21. The molecule has 7 aromatic carbocycles. The SMILES string of the molecule is C.C.C.C1CCOC1.COC(=O)/C(C#N)=C(/C)c1ccc(F)cc1OC.COC(=O)C(C#N)C(C)(C)c1ccc(F)cc1OC.COc1cc(F)ccc1C(C)(C)CC#N.COc1cc(F)ccc1C(C)(C)CC(=O)C(F)(F)F.COc1cc(F)ccc1C(C)(C)CC(O)C(F)(F)F.COc1cc(F)ccc1C(C)(C)CC=O.COc1cc(F)ccc1C(C)=O.ClCCl.ClCCl.[C-]#[N+]CC(=O)OC.[Cl-].[Na+]. The van der Waals surface area contributed by atoms with Crippen molar-refractivity contribution in [1.29, 1.82) is 15.8 Å². The molecule has 2 unspecified atom stereocenters. The van der Waals surface area contributed by atoms with E-state index < -0.39 is 106 Å². The van der Waals surface area contributed by atoms with Crippen LogP contribution in [-0.4, -0.2) is 161 Å². The third-order valence-corrected chi connectivity index (χ3v) is 19.1. The molecule has 1 heterocycles. The minimum absolute atomic E-state index is 0. The summed E-state index contributed by atoms with van der Waals surface area (Å²) in [6.07, 6.45) is -9.06. The van der Waals surface area contributed by atoms with Crippen molar-refractivity contribution in [2.45, 2.75) is 189 Å². The summed E-state index contributed by atoms with van der Waals surface area (Å²) >= 11 is 19.1. The van der Waals surface area contributed by atoms with Gasteiger partial charge in [-0.3, -0.25) is 14.4 Å². The summed E-state index contributed by atoms with van der Waals surface area (Å²) in [4.78, 5) is 68.4. The molecule has 0 spiro atoms. The van der Waals surface area contributed by atoms with Crippen molar-refractivity contribution in [2.24, 2.45) is 5.92 Å². The second-order valence-electron chi connectivity index (χ2n) is 30.9. The van der Waals surface area contributed by atoms with Crippen LogP contribution in [-0.2, 0) is 70.0 Å². The Labute approximate surface area is 862 Å². The van der Waals surface area contributed by atoms with E-state index in [2.05, 4.69) is 25.1 Å². The normalized spacial score (nSPS) is 11.4. The van der Waals surface area contributed by atoms with Gasteiger partial charge in [0.25, 0.3) is 0 Å². The van der Waals surface area contributed by atoms with Gasteiger partial charge in [-0.1, -0.05) is 122 Å². The predicted octanol–water partition coefficient (Wildman–Crippen LogP) is 19.2. The number of hydrogen-bond acceptors (Lipinski definition) is 21. The Hall–Kier alpha value is -10.3. The molecule has 41 heteroatoms. The van der Waals surface area contributed by atoms with Crippen molar-refractivity contribution in [1.82, 2.24) is 0 Å². The number of aliphatic hydroxyl groups is 1. The van der Waals surface area contributed by atoms with Crippen molar-refractivity contribution in [3.63, 3.8) is 0 Å². The number of nitrogens with zero attached hydrogens (tertiary/aromatic N) is 4. The zero-order chi connectivity index (χ0) is 105. The minimum Gasteiger partial charge on any atom is -1.00 e. The topological polar surface area (TPSA) is 300 Å². The third-order valence-electron chi connectivity index (χ3n) is 19.1. The summed E-state index contributed by atoms with van der Waals surface area (Å²) < 4.78 is 218. The van der Waals surface area contributed by atoms with Gasteiger partial charge in [-0.25, -0.2) is 46.9 Å². The van der Waals surface area contributed by atoms with Crippen LogP contribution >= 0.6 is 46.4 Å². The molecule has 7 aromatic rings. The Balaban J connectivity index is -0.000000234. The maximum atomic E-state index is 13.2. The number of methoxy groups -OCH3 is 10. The van der Waals surface area contributed by atoms with E-state index in [-0.39, 0.29) is 138 Å². The van der Waals surface area contributed by atoms with Crippen LogP contribution in [0.4, 0.5) is 57.1 Å². The number of rotatable bonds is 25. The summed E-state index contributed by atoms with van der Waals surface area (Å²) in [5, 5.41) is 36.4. The van der Waals surface area contributed by atoms with E-state index in [4.69, 9.17) is 107 Å². The third kappa shape index (κ3) is 51.9. The van der Waals surface area contributed by atoms with Gasteiger partial charge in [0.1, 0.15) is 98.9 Å². The number of carbonyl (C=O) groups is 6. The van der Waals surface area contributed by atoms with Crippen molar-refractivity contribution in [3.05, 3.63) is 224 Å². The van der Waals surface area contributed by atoms with Crippen molar-refractivity contribution in [3.8, 4) is 58.5 Å². The first-order valence-electron chi connectivity index (χ1n) is 39.8. The van der Waals surface area contributed by atoms with Crippen LogP contribution in [0.5, 0.6) is 40.2 Å². The number of esters is 3. The Morgan fingerprint density at radius 3 is 1.07 bits per heavy atom. The molecule has 1 saturated heterocycles. The van der Waals surface area contributed by atoms with Gasteiger partial charge in [0.15, 0.2) is 17.8 Å². The fourth-order valence-corrected chi connectivity index (χ4v) is 11.9. The molecule has 140 heavy (non-hydrogen) atoms. The molecule has 1 aliphatic heterocycles. The van der Waals surface area contributed by atoms with Gasteiger partial charge in [0.2, 0.25) is 5.78 Å². The summed E-state index contributed by atoms with van der Waals surface area (Å²) in [5.41, 5.74) is 0.534. The van der Waals surface area contributed by atoms with Crippen LogP contribution in [0.3, 0.4) is 0 Å². The van der Waals surface area contributed by atoms with Gasteiger partial charge in [-0.2, -0.15) is 42.1 Å². The zero-order valence-corrected chi connectivity index (χ0v) is 85.9. The largest absolute Gasteiger partial charge is 1.00 e. The summed E-state index contributed by atoms with van der Waals surface area (Å²) in [7, 11) is 13.5. The van der Waals surface area contributed by atoms with E-state index in [9.17, 15) is 91.1 Å². The minimum atomic E-state index is -4.87. The van der Waals surface area contributed by atoms with E-state index in [0.717, 1.165) is 54.9 Å². The van der Waals surface area contributed by atoms with Crippen LogP contribution in [0.1, 0.15) is 188 Å². The molecule has 0 aliphatic carbocycles. The molecule has 0 saturated carbocycles. The number of aliphatic hydroxyl groups excluding tert-OH is 1. The molecule has 2 atom stereocenters. The Kier molecular flexibility index (Phi) is 75.5. The number of ether oxygens (including phenoxy) is 11. The number of allylic oxidation sites excluding steroid dienone is 1. The molecule has 0 aromatic heterocycles. The molecular weight excluding hydrogens is 1980 g/mol. The van der Waals surface area contributed by atoms with Crippen LogP contribution in [0.15, 0.2) is 133 Å². The van der Waals surface area contributed by atoms with Gasteiger partial charge in [0, 0.05) is 125 Å². The number of nitriles is 3. The number of ketones is 2. The summed E-state index contributed by atoms with van der Waals surface area (Å²) in [5.74, 6) is -5.74. The van der Waals surface area contributed by atoms with E-state index in [1.54, 1.807) is 39.0 Å². The van der Waals surface area contributed by atoms with Crippen LogP contribution in [0.2, 0.25) is 0 Å². The molecule has 1 aliphatic rings. The van der Waals surface area contributed by atoms with Gasteiger partial charge in [0.05, 0.1) is 99.5 Å². The maximum absolute atomic E-state index is 13.2. The predicted molar refractivity (Wildman–Crippen MR) is 507 cm³/mol. The quantitative estimate of drug-likeness (QED) is 0.00531. The molecule has 1 N–H and O–H groups in total. The second kappa shape index (κ2) is 72.9. The van der Waals surface area contributed by atoms with Crippen LogP contribution in [0, 0.1) is 87.2 Å². The monoisotopic (exact) mass is 2100 g/mol. The zero-order valence-electron chi connectivity index (χ0n) is 80.1. The maximum Gasteiger partial charge on any atom is 1.00 e. The Morgan fingerprint density at radius 2 is 0.800 bits per heavy atom. The number of carbonyl (C=O) groups excluding carboxylic acids is 6. The molecular formula is C99H125Cl5F13N4NaO18. The standard InChI is InChI=1S/C14H16FNO3.C13H16F4O2.C13H14F4O2.C13H12FNO3.C12H14FNO.C12H15FO2.C9H9FO2.C4H5NO2.C4H8O.2CH2Cl2.3CH4.ClH.Na/c1-14(2,11(8-16)13(17)19-4)10-6-5-9(15)7-12(10)18-3;2*1-12(2,7-11(18)13(15,16)17)9-5-4-8(14)6-10(9)19-3;1-8(11(7-15)13(16)18-3)10-5-4-9(14)6-12(10)17-2;2*1-12(2,6-7-14)10-5-4-9(13)8-11(10)15-3;1-6(11)8-4-3-7(10)5-9(8)12-2;1-5-3-4(6)7-2;1-2-4-5-3-1;2*2-1-3;;;;;/h5-7,11H,1-4H3;4-6,11,18H,7H2,1-3H3;4-6H,7H2,1-3H3;4-6H,1-3H3;4-5,8H,6H2,1-3H3;4-5,7-8H,6H2,1-3H3;3-5H,1-2H3;3H2,2H3;1-4H2;2*1H2;3*1H4;1H;/q;;;;;;;;;;;;;;;+1/p-1/b;;;11-8-;;;;;;;;;;;;. The fourth-order valence-electron chi connectivity index (χ4n) is 11.9. The van der Waals surface area contributed by atoms with E-state index in [1.807, 2.05) is 33.8 Å². The van der Waals surface area contributed by atoms with Crippen LogP contribution in [0.25, 0.3) is 10.4 Å². The van der Waals surface area contributed by atoms with Gasteiger partial charge in [-0.05, 0) is 104 Å². The van der Waals surface area contributed by atoms with E-state index >= 15 is 0 Å². The second-order valence-corrected chi connectivity index (χ2v) is 32.5. The van der Waals surface area contributed by atoms with Crippen molar-refractivity contribution < 1.29 is 185 Å². The Bertz CT molecular complexity index is 5110. The summed E-state index contributed by atoms with van der Waals surface area (Å²) in [6, 6.07) is 33.5. The molecule has 0 bridgehead atoms. The fraction of sp³-hybridized carbons (Fsp3) is 0.455. The average molecular weight is 2110 g/mol. The molecule has 8 rings (SSSR count).